The molecule has 0 spiro atoms. The summed E-state index contributed by atoms with van der Waals surface area (Å²) in [7, 11) is 0. The zero-order valence-electron chi connectivity index (χ0n) is 12.7. The number of hydrogen-bond acceptors (Lipinski definition) is 3. The van der Waals surface area contributed by atoms with E-state index >= 15 is 0 Å². The van der Waals surface area contributed by atoms with E-state index in [1.807, 2.05) is 6.07 Å². The van der Waals surface area contributed by atoms with Crippen LogP contribution in [0.15, 0.2) is 47.1 Å². The Hall–Kier alpha value is -1.74. The molecule has 1 atom stereocenters. The summed E-state index contributed by atoms with van der Waals surface area (Å²) in [5.74, 6) is 1.02. The van der Waals surface area contributed by atoms with Gasteiger partial charge >= 0.3 is 0 Å². The van der Waals surface area contributed by atoms with Crippen molar-refractivity contribution in [3.63, 3.8) is 0 Å². The first-order chi connectivity index (χ1) is 10.3. The zero-order chi connectivity index (χ0) is 14.7. The number of hydrogen-bond donors (Lipinski definition) is 1. The van der Waals surface area contributed by atoms with Crippen LogP contribution < -0.4 is 10.6 Å². The molecule has 2 N–H and O–H groups in total. The molecule has 0 radical (unpaired) electrons. The SMILES string of the molecule is CCC(N)Cc1ccccc1N(Cc1ccco1)C1CC1. The van der Waals surface area contributed by atoms with E-state index in [0.717, 1.165) is 25.1 Å². The third kappa shape index (κ3) is 3.48. The van der Waals surface area contributed by atoms with Crippen LogP contribution in [0.25, 0.3) is 0 Å². The number of para-hydroxylation sites is 1. The molecule has 1 heterocycles. The number of nitrogens with zero attached hydrogens (tertiary/aromatic N) is 1. The molecule has 21 heavy (non-hydrogen) atoms. The fourth-order valence-corrected chi connectivity index (χ4v) is 2.76. The number of nitrogens with two attached hydrogens (primary N) is 1. The summed E-state index contributed by atoms with van der Waals surface area (Å²) in [6.07, 6.45) is 6.24. The van der Waals surface area contributed by atoms with E-state index in [4.69, 9.17) is 10.2 Å². The minimum Gasteiger partial charge on any atom is -0.467 e. The highest BCUT2D eigenvalue weighted by Crippen LogP contribution is 2.35. The predicted octanol–water partition coefficient (Wildman–Crippen LogP) is 3.73. The third-order valence-corrected chi connectivity index (χ3v) is 4.20. The Morgan fingerprint density at radius 1 is 1.24 bits per heavy atom. The van der Waals surface area contributed by atoms with E-state index in [9.17, 15) is 0 Å². The largest absolute Gasteiger partial charge is 0.467 e. The van der Waals surface area contributed by atoms with Gasteiger partial charge in [-0.1, -0.05) is 25.1 Å². The van der Waals surface area contributed by atoms with Crippen LogP contribution in [0.1, 0.15) is 37.5 Å². The molecule has 0 amide bonds. The van der Waals surface area contributed by atoms with Gasteiger partial charge in [-0.15, -0.1) is 0 Å². The minimum absolute atomic E-state index is 0.232. The number of rotatable bonds is 7. The number of anilines is 1. The Kier molecular flexibility index (Phi) is 4.30. The maximum absolute atomic E-state index is 6.16. The lowest BCUT2D eigenvalue weighted by molar-refractivity contribution is 0.500. The Morgan fingerprint density at radius 2 is 2.05 bits per heavy atom. The van der Waals surface area contributed by atoms with Gasteiger partial charge in [0, 0.05) is 17.8 Å². The Bertz CT molecular complexity index is 560. The average Bonchev–Trinajstić information content (AvgIpc) is 3.22. The normalized spacial score (nSPS) is 15.9. The van der Waals surface area contributed by atoms with Crippen molar-refractivity contribution in [2.24, 2.45) is 5.73 Å². The molecule has 3 heteroatoms. The van der Waals surface area contributed by atoms with Crippen molar-refractivity contribution < 1.29 is 4.42 Å². The third-order valence-electron chi connectivity index (χ3n) is 4.20. The van der Waals surface area contributed by atoms with Crippen LogP contribution in [0.4, 0.5) is 5.69 Å². The van der Waals surface area contributed by atoms with Crippen LogP contribution in [0.5, 0.6) is 0 Å². The van der Waals surface area contributed by atoms with Crippen LogP contribution in [-0.2, 0) is 13.0 Å². The monoisotopic (exact) mass is 284 g/mol. The first-order valence-corrected chi connectivity index (χ1v) is 7.90. The van der Waals surface area contributed by atoms with Gasteiger partial charge in [0.2, 0.25) is 0 Å². The van der Waals surface area contributed by atoms with Crippen molar-refractivity contribution in [3.05, 3.63) is 54.0 Å². The van der Waals surface area contributed by atoms with Gasteiger partial charge in [-0.2, -0.15) is 0 Å². The topological polar surface area (TPSA) is 42.4 Å². The van der Waals surface area contributed by atoms with Crippen molar-refractivity contribution in [2.75, 3.05) is 4.90 Å². The molecule has 1 aliphatic carbocycles. The summed E-state index contributed by atoms with van der Waals surface area (Å²) >= 11 is 0. The second-order valence-corrected chi connectivity index (χ2v) is 5.94. The van der Waals surface area contributed by atoms with Gasteiger partial charge in [-0.25, -0.2) is 0 Å². The zero-order valence-corrected chi connectivity index (χ0v) is 12.7. The van der Waals surface area contributed by atoms with Gasteiger partial charge in [0.25, 0.3) is 0 Å². The summed E-state index contributed by atoms with van der Waals surface area (Å²) in [6, 6.07) is 13.5. The maximum atomic E-state index is 6.16. The highest BCUT2D eigenvalue weighted by molar-refractivity contribution is 5.55. The lowest BCUT2D eigenvalue weighted by Gasteiger charge is -2.27. The lowest BCUT2D eigenvalue weighted by atomic mass is 10.0. The van der Waals surface area contributed by atoms with Gasteiger partial charge in [-0.05, 0) is 49.4 Å². The van der Waals surface area contributed by atoms with E-state index in [1.165, 1.54) is 24.1 Å². The van der Waals surface area contributed by atoms with Gasteiger partial charge < -0.3 is 15.1 Å². The molecule has 1 aromatic heterocycles. The molecule has 1 unspecified atom stereocenters. The predicted molar refractivity (Wildman–Crippen MR) is 86.3 cm³/mol. The first-order valence-electron chi connectivity index (χ1n) is 7.90. The molecule has 112 valence electrons. The Labute approximate surface area is 126 Å². The number of furan rings is 1. The Balaban J connectivity index is 1.85. The van der Waals surface area contributed by atoms with Crippen LogP contribution in [0.2, 0.25) is 0 Å². The van der Waals surface area contributed by atoms with Crippen molar-refractivity contribution in [1.29, 1.82) is 0 Å². The summed E-state index contributed by atoms with van der Waals surface area (Å²) in [6.45, 7) is 2.99. The average molecular weight is 284 g/mol. The second-order valence-electron chi connectivity index (χ2n) is 5.94. The van der Waals surface area contributed by atoms with Gasteiger partial charge in [0.15, 0.2) is 0 Å². The first kappa shape index (κ1) is 14.2. The molecule has 2 aromatic rings. The van der Waals surface area contributed by atoms with Crippen LogP contribution in [-0.4, -0.2) is 12.1 Å². The molecule has 1 aliphatic rings. The van der Waals surface area contributed by atoms with Crippen molar-refractivity contribution >= 4 is 5.69 Å². The fourth-order valence-electron chi connectivity index (χ4n) is 2.76. The highest BCUT2D eigenvalue weighted by atomic mass is 16.3. The van der Waals surface area contributed by atoms with Crippen molar-refractivity contribution in [1.82, 2.24) is 0 Å². The molecule has 1 saturated carbocycles. The van der Waals surface area contributed by atoms with E-state index < -0.39 is 0 Å². The smallest absolute Gasteiger partial charge is 0.123 e. The molecule has 3 rings (SSSR count). The second kappa shape index (κ2) is 6.35. The van der Waals surface area contributed by atoms with Crippen LogP contribution in [0.3, 0.4) is 0 Å². The van der Waals surface area contributed by atoms with Crippen molar-refractivity contribution in [2.45, 2.75) is 51.2 Å². The number of benzene rings is 1. The van der Waals surface area contributed by atoms with Gasteiger partial charge in [0.1, 0.15) is 5.76 Å². The van der Waals surface area contributed by atoms with Gasteiger partial charge in [-0.3, -0.25) is 0 Å². The Morgan fingerprint density at radius 3 is 2.71 bits per heavy atom. The molecule has 1 fully saturated rings. The van der Waals surface area contributed by atoms with Gasteiger partial charge in [0.05, 0.1) is 12.8 Å². The molecular formula is C18H24N2O. The van der Waals surface area contributed by atoms with E-state index in [2.05, 4.69) is 42.2 Å². The quantitative estimate of drug-likeness (QED) is 0.842. The molecular weight excluding hydrogens is 260 g/mol. The molecule has 0 aliphatic heterocycles. The standard InChI is InChI=1S/C18H24N2O/c1-2-15(19)12-14-6-3-4-8-18(14)20(16-9-10-16)13-17-7-5-11-21-17/h3-8,11,15-16H,2,9-10,12-13,19H2,1H3. The fraction of sp³-hybridized carbons (Fsp3) is 0.444. The summed E-state index contributed by atoms with van der Waals surface area (Å²) < 4.78 is 5.54. The van der Waals surface area contributed by atoms with E-state index in [-0.39, 0.29) is 6.04 Å². The lowest BCUT2D eigenvalue weighted by Crippen LogP contribution is -2.28. The molecule has 0 bridgehead atoms. The summed E-state index contributed by atoms with van der Waals surface area (Å²) in [4.78, 5) is 2.48. The summed E-state index contributed by atoms with van der Waals surface area (Å²) in [5.41, 5.74) is 8.84. The highest BCUT2D eigenvalue weighted by Gasteiger charge is 2.31. The molecule has 0 saturated heterocycles. The van der Waals surface area contributed by atoms with E-state index in [1.54, 1.807) is 6.26 Å². The maximum Gasteiger partial charge on any atom is 0.123 e. The molecule has 1 aromatic carbocycles. The van der Waals surface area contributed by atoms with Crippen LogP contribution in [0, 0.1) is 0 Å². The van der Waals surface area contributed by atoms with Crippen LogP contribution >= 0.6 is 0 Å². The summed E-state index contributed by atoms with van der Waals surface area (Å²) in [5, 5.41) is 0. The van der Waals surface area contributed by atoms with E-state index in [0.29, 0.717) is 6.04 Å². The van der Waals surface area contributed by atoms with Crippen molar-refractivity contribution in [3.8, 4) is 0 Å². The minimum atomic E-state index is 0.232. The molecule has 3 nitrogen and oxygen atoms in total.